The van der Waals surface area contributed by atoms with Gasteiger partial charge in [0.2, 0.25) is 0 Å². The standard InChI is InChI=1S/C14H24O/c1-7-14(6,12(4)13(5)15)10-8-9-11(2)3/h7,9,12H,1,8,10H2,2-6H3/t12-,14+/m1/s1. The lowest BCUT2D eigenvalue weighted by Crippen LogP contribution is -2.28. The van der Waals surface area contributed by atoms with Crippen LogP contribution in [0, 0.1) is 11.3 Å². The molecule has 0 rings (SSSR count). The molecule has 0 N–H and O–H groups in total. The summed E-state index contributed by atoms with van der Waals surface area (Å²) in [5.41, 5.74) is 1.26. The van der Waals surface area contributed by atoms with Gasteiger partial charge in [-0.05, 0) is 39.0 Å². The zero-order chi connectivity index (χ0) is 12.1. The van der Waals surface area contributed by atoms with Gasteiger partial charge in [0.1, 0.15) is 5.78 Å². The van der Waals surface area contributed by atoms with Gasteiger partial charge in [0.05, 0.1) is 0 Å². The Morgan fingerprint density at radius 1 is 1.40 bits per heavy atom. The van der Waals surface area contributed by atoms with E-state index in [1.54, 1.807) is 6.92 Å². The number of ketones is 1. The van der Waals surface area contributed by atoms with Gasteiger partial charge in [-0.2, -0.15) is 0 Å². The lowest BCUT2D eigenvalue weighted by Gasteiger charge is -2.30. The van der Waals surface area contributed by atoms with Crippen molar-refractivity contribution < 1.29 is 4.79 Å². The lowest BCUT2D eigenvalue weighted by molar-refractivity contribution is -0.122. The third-order valence-corrected chi connectivity index (χ3v) is 3.30. The number of Topliss-reactive ketones (excluding diaryl/α,β-unsaturated/α-hetero) is 1. The predicted molar refractivity (Wildman–Crippen MR) is 66.8 cm³/mol. The van der Waals surface area contributed by atoms with Crippen molar-refractivity contribution in [3.05, 3.63) is 24.3 Å². The maximum atomic E-state index is 11.4. The van der Waals surface area contributed by atoms with E-state index in [4.69, 9.17) is 0 Å². The van der Waals surface area contributed by atoms with E-state index in [1.807, 2.05) is 13.0 Å². The van der Waals surface area contributed by atoms with Gasteiger partial charge in [-0.15, -0.1) is 6.58 Å². The molecule has 0 saturated carbocycles. The molecule has 0 aliphatic rings. The molecular formula is C14H24O. The molecule has 0 aliphatic carbocycles. The molecule has 1 nitrogen and oxygen atoms in total. The Morgan fingerprint density at radius 2 is 1.93 bits per heavy atom. The van der Waals surface area contributed by atoms with E-state index in [0.29, 0.717) is 0 Å². The summed E-state index contributed by atoms with van der Waals surface area (Å²) >= 11 is 0. The number of allylic oxidation sites excluding steroid dienone is 3. The van der Waals surface area contributed by atoms with E-state index in [1.165, 1.54) is 5.57 Å². The Morgan fingerprint density at radius 3 is 2.27 bits per heavy atom. The van der Waals surface area contributed by atoms with Crippen LogP contribution in [0.25, 0.3) is 0 Å². The molecule has 0 fully saturated rings. The Kier molecular flexibility index (Phi) is 5.56. The topological polar surface area (TPSA) is 17.1 Å². The minimum Gasteiger partial charge on any atom is -0.300 e. The van der Waals surface area contributed by atoms with Crippen LogP contribution in [0.1, 0.15) is 47.5 Å². The molecule has 0 aromatic carbocycles. The van der Waals surface area contributed by atoms with Crippen molar-refractivity contribution in [1.82, 2.24) is 0 Å². The van der Waals surface area contributed by atoms with Crippen molar-refractivity contribution >= 4 is 5.78 Å². The highest BCUT2D eigenvalue weighted by Crippen LogP contribution is 2.34. The summed E-state index contributed by atoms with van der Waals surface area (Å²) in [4.78, 5) is 11.4. The maximum absolute atomic E-state index is 11.4. The van der Waals surface area contributed by atoms with E-state index in [-0.39, 0.29) is 17.1 Å². The summed E-state index contributed by atoms with van der Waals surface area (Å²) in [6.07, 6.45) is 6.15. The first-order valence-corrected chi connectivity index (χ1v) is 5.61. The third-order valence-electron chi connectivity index (χ3n) is 3.30. The summed E-state index contributed by atoms with van der Waals surface area (Å²) in [7, 11) is 0. The van der Waals surface area contributed by atoms with Gasteiger partial charge < -0.3 is 0 Å². The van der Waals surface area contributed by atoms with E-state index in [0.717, 1.165) is 12.8 Å². The Balaban J connectivity index is 4.51. The molecule has 0 aromatic rings. The van der Waals surface area contributed by atoms with Crippen LogP contribution < -0.4 is 0 Å². The van der Waals surface area contributed by atoms with E-state index < -0.39 is 0 Å². The molecule has 0 aliphatic heterocycles. The second-order valence-electron chi connectivity index (χ2n) is 4.86. The Labute approximate surface area is 94.3 Å². The molecule has 0 unspecified atom stereocenters. The number of rotatable bonds is 6. The van der Waals surface area contributed by atoms with Crippen molar-refractivity contribution in [2.24, 2.45) is 11.3 Å². The van der Waals surface area contributed by atoms with Crippen LogP contribution >= 0.6 is 0 Å². The first-order valence-electron chi connectivity index (χ1n) is 5.61. The molecular weight excluding hydrogens is 184 g/mol. The van der Waals surface area contributed by atoms with E-state index in [9.17, 15) is 4.79 Å². The van der Waals surface area contributed by atoms with Crippen molar-refractivity contribution in [2.45, 2.75) is 47.5 Å². The van der Waals surface area contributed by atoms with Gasteiger partial charge in [-0.25, -0.2) is 0 Å². The highest BCUT2D eigenvalue weighted by atomic mass is 16.1. The van der Waals surface area contributed by atoms with Crippen LogP contribution in [-0.4, -0.2) is 5.78 Å². The van der Waals surface area contributed by atoms with Gasteiger partial charge in [-0.3, -0.25) is 4.79 Å². The minimum atomic E-state index is -0.0716. The monoisotopic (exact) mass is 208 g/mol. The third kappa shape index (κ3) is 4.46. The molecule has 0 radical (unpaired) electrons. The van der Waals surface area contributed by atoms with Crippen LogP contribution in [0.2, 0.25) is 0 Å². The summed E-state index contributed by atoms with van der Waals surface area (Å²) in [5.74, 6) is 0.301. The fourth-order valence-electron chi connectivity index (χ4n) is 1.63. The van der Waals surface area contributed by atoms with Crippen LogP contribution in [0.4, 0.5) is 0 Å². The zero-order valence-electron chi connectivity index (χ0n) is 10.8. The first kappa shape index (κ1) is 14.2. The second-order valence-corrected chi connectivity index (χ2v) is 4.86. The molecule has 2 atom stereocenters. The van der Waals surface area contributed by atoms with Crippen molar-refractivity contribution in [3.8, 4) is 0 Å². The van der Waals surface area contributed by atoms with Gasteiger partial charge in [0, 0.05) is 5.92 Å². The Hall–Kier alpha value is -0.850. The van der Waals surface area contributed by atoms with E-state index >= 15 is 0 Å². The van der Waals surface area contributed by atoms with E-state index in [2.05, 4.69) is 33.4 Å². The van der Waals surface area contributed by atoms with Crippen molar-refractivity contribution in [2.75, 3.05) is 0 Å². The molecule has 1 heteroatoms. The SMILES string of the molecule is C=C[C@@](C)(CCC=C(C)C)[C@H](C)C(C)=O. The highest BCUT2D eigenvalue weighted by Gasteiger charge is 2.29. The smallest absolute Gasteiger partial charge is 0.133 e. The minimum absolute atomic E-state index is 0.0561. The molecule has 0 spiro atoms. The van der Waals surface area contributed by atoms with Crippen LogP contribution in [0.3, 0.4) is 0 Å². The predicted octanol–water partition coefficient (Wildman–Crippen LogP) is 4.15. The summed E-state index contributed by atoms with van der Waals surface area (Å²) in [6, 6.07) is 0. The summed E-state index contributed by atoms with van der Waals surface area (Å²) in [6.45, 7) is 13.8. The first-order chi connectivity index (χ1) is 6.83. The summed E-state index contributed by atoms with van der Waals surface area (Å²) in [5, 5.41) is 0. The van der Waals surface area contributed by atoms with Crippen molar-refractivity contribution in [3.63, 3.8) is 0 Å². The maximum Gasteiger partial charge on any atom is 0.133 e. The second kappa shape index (κ2) is 5.89. The summed E-state index contributed by atoms with van der Waals surface area (Å²) < 4.78 is 0. The van der Waals surface area contributed by atoms with Gasteiger partial charge in [-0.1, -0.05) is 31.6 Å². The van der Waals surface area contributed by atoms with Gasteiger partial charge >= 0.3 is 0 Å². The van der Waals surface area contributed by atoms with Gasteiger partial charge in [0.15, 0.2) is 0 Å². The lowest BCUT2D eigenvalue weighted by atomic mass is 9.73. The molecule has 15 heavy (non-hydrogen) atoms. The average Bonchev–Trinajstić information content (AvgIpc) is 2.15. The van der Waals surface area contributed by atoms with Crippen LogP contribution in [0.5, 0.6) is 0 Å². The fourth-order valence-corrected chi connectivity index (χ4v) is 1.63. The van der Waals surface area contributed by atoms with Crippen molar-refractivity contribution in [1.29, 1.82) is 0 Å². The highest BCUT2D eigenvalue weighted by molar-refractivity contribution is 5.79. The Bertz CT molecular complexity index is 259. The molecule has 0 bridgehead atoms. The van der Waals surface area contributed by atoms with Crippen LogP contribution in [-0.2, 0) is 4.79 Å². The molecule has 0 aromatic heterocycles. The van der Waals surface area contributed by atoms with Crippen LogP contribution in [0.15, 0.2) is 24.3 Å². The number of hydrogen-bond donors (Lipinski definition) is 0. The molecule has 0 heterocycles. The average molecular weight is 208 g/mol. The van der Waals surface area contributed by atoms with Gasteiger partial charge in [0.25, 0.3) is 0 Å². The molecule has 0 amide bonds. The normalized spacial score (nSPS) is 16.3. The number of carbonyl (C=O) groups is 1. The largest absolute Gasteiger partial charge is 0.300 e. The number of carbonyl (C=O) groups excluding carboxylic acids is 1. The molecule has 0 saturated heterocycles. The quantitative estimate of drug-likeness (QED) is 0.599. The molecule has 86 valence electrons. The zero-order valence-corrected chi connectivity index (χ0v) is 10.8. The number of hydrogen-bond acceptors (Lipinski definition) is 1. The fraction of sp³-hybridized carbons (Fsp3) is 0.643.